The predicted octanol–water partition coefficient (Wildman–Crippen LogP) is 4.16. The van der Waals surface area contributed by atoms with Crippen molar-refractivity contribution in [3.63, 3.8) is 0 Å². The van der Waals surface area contributed by atoms with E-state index in [1.165, 1.54) is 11.0 Å². The summed E-state index contributed by atoms with van der Waals surface area (Å²) in [7, 11) is 1.72. The molecule has 4 amide bonds. The van der Waals surface area contributed by atoms with Crippen molar-refractivity contribution in [1.29, 1.82) is 0 Å². The lowest BCUT2D eigenvalue weighted by Crippen LogP contribution is -2.52. The van der Waals surface area contributed by atoms with E-state index in [2.05, 4.69) is 36.3 Å². The molecule has 0 saturated carbocycles. The van der Waals surface area contributed by atoms with E-state index < -0.39 is 23.6 Å². The van der Waals surface area contributed by atoms with Crippen LogP contribution in [0.3, 0.4) is 0 Å². The predicted molar refractivity (Wildman–Crippen MR) is 245 cm³/mol. The molecule has 4 atom stereocenters. The van der Waals surface area contributed by atoms with Crippen molar-refractivity contribution in [3.05, 3.63) is 77.0 Å². The van der Waals surface area contributed by atoms with Crippen molar-refractivity contribution >= 4 is 56.8 Å². The van der Waals surface area contributed by atoms with Gasteiger partial charge in [0.05, 0.1) is 24.0 Å². The molecule has 346 valence electrons. The molecule has 4 saturated heterocycles. The van der Waals surface area contributed by atoms with E-state index in [1.54, 1.807) is 54.5 Å². The van der Waals surface area contributed by atoms with Gasteiger partial charge in [-0.1, -0.05) is 18.1 Å². The second-order valence-corrected chi connectivity index (χ2v) is 18.0. The third-order valence-electron chi connectivity index (χ3n) is 13.8. The van der Waals surface area contributed by atoms with E-state index in [9.17, 15) is 19.2 Å². The topological polar surface area (TPSA) is 188 Å². The first-order chi connectivity index (χ1) is 32.4. The van der Waals surface area contributed by atoms with Crippen molar-refractivity contribution in [1.82, 2.24) is 40.3 Å². The molecular formula is C49H50F2N10O6. The zero-order valence-corrected chi connectivity index (χ0v) is 37.0. The Kier molecular flexibility index (Phi) is 11.8. The Morgan fingerprint density at radius 1 is 1.03 bits per heavy atom. The molecule has 5 aliphatic rings. The normalized spacial score (nSPS) is 21.5. The van der Waals surface area contributed by atoms with Gasteiger partial charge < -0.3 is 35.2 Å². The van der Waals surface area contributed by atoms with Gasteiger partial charge in [0.25, 0.3) is 5.91 Å². The summed E-state index contributed by atoms with van der Waals surface area (Å²) >= 11 is 0. The van der Waals surface area contributed by atoms with E-state index in [0.29, 0.717) is 70.7 Å². The van der Waals surface area contributed by atoms with Crippen LogP contribution in [0, 0.1) is 24.0 Å². The lowest BCUT2D eigenvalue weighted by molar-refractivity contribution is -0.137. The average molecular weight is 913 g/mol. The number of carbonyl (C=O) groups is 4. The van der Waals surface area contributed by atoms with Crippen molar-refractivity contribution in [2.24, 2.45) is 0 Å². The number of amides is 4. The molecule has 5 aliphatic heterocycles. The second kappa shape index (κ2) is 18.0. The molecule has 3 unspecified atom stereocenters. The van der Waals surface area contributed by atoms with Crippen molar-refractivity contribution < 1.29 is 37.4 Å². The van der Waals surface area contributed by atoms with E-state index in [-0.39, 0.29) is 103 Å². The first-order valence-corrected chi connectivity index (χ1v) is 22.8. The van der Waals surface area contributed by atoms with Gasteiger partial charge >= 0.3 is 6.01 Å². The van der Waals surface area contributed by atoms with Gasteiger partial charge in [-0.2, -0.15) is 9.97 Å². The fourth-order valence-electron chi connectivity index (χ4n) is 10.4. The largest absolute Gasteiger partial charge is 0.491 e. The van der Waals surface area contributed by atoms with Gasteiger partial charge in [-0.05, 0) is 74.4 Å². The monoisotopic (exact) mass is 912 g/mol. The molecule has 2 aromatic heterocycles. The van der Waals surface area contributed by atoms with E-state index in [4.69, 9.17) is 26.6 Å². The number of benzene rings is 3. The van der Waals surface area contributed by atoms with Crippen LogP contribution in [0.1, 0.15) is 66.4 Å². The van der Waals surface area contributed by atoms with Gasteiger partial charge in [0.2, 0.25) is 17.7 Å². The van der Waals surface area contributed by atoms with Gasteiger partial charge in [0.1, 0.15) is 47.9 Å². The Bertz CT molecular complexity index is 2880. The second-order valence-electron chi connectivity index (χ2n) is 18.0. The summed E-state index contributed by atoms with van der Waals surface area (Å²) in [4.78, 5) is 72.4. The maximum Gasteiger partial charge on any atom is 0.319 e. The van der Waals surface area contributed by atoms with Crippen LogP contribution in [0.25, 0.3) is 32.9 Å². The summed E-state index contributed by atoms with van der Waals surface area (Å²) in [5.74, 6) is 0.918. The molecule has 0 spiro atoms. The molecule has 7 heterocycles. The molecule has 2 bridgehead atoms. The Hall–Kier alpha value is -6.97. The van der Waals surface area contributed by atoms with Crippen molar-refractivity contribution in [3.8, 4) is 35.4 Å². The lowest BCUT2D eigenvalue weighted by Gasteiger charge is -2.34. The Labute approximate surface area is 385 Å². The molecule has 4 N–H and O–H groups in total. The first-order valence-electron chi connectivity index (χ1n) is 22.8. The summed E-state index contributed by atoms with van der Waals surface area (Å²) in [6.07, 6.45) is 11.8. The Morgan fingerprint density at radius 3 is 2.64 bits per heavy atom. The van der Waals surface area contributed by atoms with Crippen LogP contribution in [0.4, 0.5) is 20.3 Å². The van der Waals surface area contributed by atoms with E-state index in [0.717, 1.165) is 32.2 Å². The quantitative estimate of drug-likeness (QED) is 0.0870. The highest BCUT2D eigenvalue weighted by Crippen LogP contribution is 2.39. The number of nitrogens with one attached hydrogen (secondary N) is 2. The fourth-order valence-corrected chi connectivity index (χ4v) is 10.4. The standard InChI is InChI=1S/C49H50F2N10O6/c1-3-32-37(50)12-9-27-20-28(52)21-34(42(27)32)44-43(51)45-35(22-53-44)46(60-23-29-10-11-30(24-60)54-29)57-49(56-45)67-26-31-6-5-16-59(31)17-15-41(63)58(2)18-19-66-39-8-4-7-33-36(39)25-61(48(33)65)38-13-14-40(62)55-47(38)64/h1,4,7-9,12,20-22,29-31,38,54H,5-6,10-11,13-19,23-26,52H2,2H3,(H,55,62,64)/t29?,30?,31-,38?/m0/s1. The number of likely N-dealkylation sites (N-methyl/N-ethyl adjacent to an activating group) is 1. The number of terminal acetylenes is 1. The zero-order chi connectivity index (χ0) is 46.5. The number of nitrogens with zero attached hydrogens (tertiary/aromatic N) is 7. The third kappa shape index (κ3) is 8.42. The number of hydrogen-bond donors (Lipinski definition) is 3. The van der Waals surface area contributed by atoms with Crippen molar-refractivity contribution in [2.45, 2.75) is 75.7 Å². The van der Waals surface area contributed by atoms with Crippen molar-refractivity contribution in [2.75, 3.05) is 63.6 Å². The number of rotatable bonds is 13. The Balaban J connectivity index is 0.809. The van der Waals surface area contributed by atoms with Crippen LogP contribution in [-0.4, -0.2) is 130 Å². The molecule has 0 radical (unpaired) electrons. The van der Waals surface area contributed by atoms with Gasteiger partial charge in [-0.15, -0.1) is 6.42 Å². The third-order valence-corrected chi connectivity index (χ3v) is 13.8. The highest BCUT2D eigenvalue weighted by molar-refractivity contribution is 6.06. The highest BCUT2D eigenvalue weighted by Gasteiger charge is 2.40. The van der Waals surface area contributed by atoms with Gasteiger partial charge in [0.15, 0.2) is 5.82 Å². The van der Waals surface area contributed by atoms with Crippen LogP contribution in [0.2, 0.25) is 0 Å². The number of ether oxygens (including phenoxy) is 2. The number of imide groups is 1. The molecule has 16 nitrogen and oxygen atoms in total. The van der Waals surface area contributed by atoms with Crippen LogP contribution < -0.4 is 30.7 Å². The van der Waals surface area contributed by atoms with Crippen LogP contribution in [-0.2, 0) is 20.9 Å². The highest BCUT2D eigenvalue weighted by atomic mass is 19.1. The van der Waals surface area contributed by atoms with Crippen LogP contribution in [0.15, 0.2) is 48.7 Å². The Morgan fingerprint density at radius 2 is 1.85 bits per heavy atom. The number of pyridine rings is 1. The zero-order valence-electron chi connectivity index (χ0n) is 37.0. The number of piperidine rings is 1. The lowest BCUT2D eigenvalue weighted by atomic mass is 9.95. The van der Waals surface area contributed by atoms with Gasteiger partial charge in [0, 0.05) is 91.6 Å². The maximum atomic E-state index is 17.1. The number of hydrogen-bond acceptors (Lipinski definition) is 13. The SMILES string of the molecule is C#Cc1c(F)ccc2cc(N)cc(-c3ncc4c(N5CC6CCC(C5)N6)nc(OC[C@@H]5CCCN5CCC(=O)N(C)CCOc5cccc6c5CN(C5CCC(=O)NC5=O)C6=O)nc4c3F)c12. The number of anilines is 2. The fraction of sp³-hybridized carbons (Fsp3) is 0.408. The smallest absolute Gasteiger partial charge is 0.319 e. The minimum Gasteiger partial charge on any atom is -0.491 e. The number of fused-ring (bicyclic) bond motifs is 5. The number of likely N-dealkylation sites (tertiary alicyclic amines) is 1. The summed E-state index contributed by atoms with van der Waals surface area (Å²) in [6.45, 7) is 3.49. The number of carbonyl (C=O) groups excluding carboxylic acids is 4. The minimum atomic E-state index is -0.738. The molecule has 10 rings (SSSR count). The minimum absolute atomic E-state index is 0.00495. The average Bonchev–Trinajstić information content (AvgIpc) is 4.02. The first kappa shape index (κ1) is 43.9. The number of aromatic nitrogens is 3. The molecule has 4 fully saturated rings. The van der Waals surface area contributed by atoms with Gasteiger partial charge in [-0.25, -0.2) is 8.78 Å². The van der Waals surface area contributed by atoms with E-state index >= 15 is 8.78 Å². The molecular weight excluding hydrogens is 863 g/mol. The number of nitrogens with two attached hydrogens (primary N) is 1. The van der Waals surface area contributed by atoms with Crippen LogP contribution in [0.5, 0.6) is 11.8 Å². The summed E-state index contributed by atoms with van der Waals surface area (Å²) < 4.78 is 44.6. The maximum absolute atomic E-state index is 17.1. The number of nitrogen functional groups attached to an aromatic ring is 1. The van der Waals surface area contributed by atoms with E-state index in [1.807, 2.05) is 0 Å². The summed E-state index contributed by atoms with van der Waals surface area (Å²) in [5, 5.41) is 7.24. The molecule has 3 aromatic carbocycles. The molecule has 5 aromatic rings. The molecule has 18 heteroatoms. The number of piperazine rings is 1. The van der Waals surface area contributed by atoms with Crippen LogP contribution >= 0.6 is 0 Å². The summed E-state index contributed by atoms with van der Waals surface area (Å²) in [5.41, 5.74) is 7.88. The van der Waals surface area contributed by atoms with Gasteiger partial charge in [-0.3, -0.25) is 34.4 Å². The molecule has 0 aliphatic carbocycles. The molecule has 67 heavy (non-hydrogen) atoms. The summed E-state index contributed by atoms with van der Waals surface area (Å²) in [6, 6.07) is 11.0. The number of halogens is 2.